The van der Waals surface area contributed by atoms with Gasteiger partial charge in [0.25, 0.3) is 0 Å². The van der Waals surface area contributed by atoms with E-state index in [4.69, 9.17) is 0 Å². The maximum atomic E-state index is 9.35. The van der Waals surface area contributed by atoms with E-state index < -0.39 is 0 Å². The lowest BCUT2D eigenvalue weighted by Gasteiger charge is -2.30. The number of imidazole rings is 1. The Morgan fingerprint density at radius 2 is 2.12 bits per heavy atom. The molecule has 0 N–H and O–H groups in total. The predicted molar refractivity (Wildman–Crippen MR) is 64.7 cm³/mol. The van der Waals surface area contributed by atoms with Gasteiger partial charge in [-0.1, -0.05) is 6.42 Å². The Hall–Kier alpha value is -0.860. The van der Waals surface area contributed by atoms with E-state index in [-0.39, 0.29) is 6.04 Å². The van der Waals surface area contributed by atoms with Crippen molar-refractivity contribution in [2.75, 3.05) is 13.1 Å². The first-order valence-corrected chi connectivity index (χ1v) is 6.33. The van der Waals surface area contributed by atoms with Crippen LogP contribution in [-0.2, 0) is 7.05 Å². The van der Waals surface area contributed by atoms with Gasteiger partial charge in [0.05, 0.1) is 18.1 Å². The molecule has 0 aromatic carbocycles. The number of hydrogen-bond acceptors (Lipinski definition) is 3. The molecule has 1 aromatic rings. The average Bonchev–Trinajstić information content (AvgIpc) is 2.63. The van der Waals surface area contributed by atoms with E-state index in [9.17, 15) is 5.26 Å². The first-order chi connectivity index (χ1) is 7.74. The summed E-state index contributed by atoms with van der Waals surface area (Å²) in [4.78, 5) is 6.42. The Morgan fingerprint density at radius 1 is 1.44 bits per heavy atom. The topological polar surface area (TPSA) is 44.9 Å². The molecule has 0 amide bonds. The third-order valence-electron chi connectivity index (χ3n) is 3.07. The van der Waals surface area contributed by atoms with Gasteiger partial charge < -0.3 is 4.57 Å². The second kappa shape index (κ2) is 4.98. The van der Waals surface area contributed by atoms with Crippen LogP contribution in [0.15, 0.2) is 10.9 Å². The zero-order chi connectivity index (χ0) is 11.5. The fraction of sp³-hybridized carbons (Fsp3) is 0.636. The molecule has 0 radical (unpaired) electrons. The van der Waals surface area contributed by atoms with Crippen LogP contribution >= 0.6 is 15.9 Å². The molecule has 1 unspecified atom stereocenters. The van der Waals surface area contributed by atoms with Crippen molar-refractivity contribution in [2.45, 2.75) is 25.3 Å². The molecule has 86 valence electrons. The van der Waals surface area contributed by atoms with Crippen molar-refractivity contribution in [3.63, 3.8) is 0 Å². The van der Waals surface area contributed by atoms with Crippen LogP contribution in [0.1, 0.15) is 31.0 Å². The molecular weight excluding hydrogens is 268 g/mol. The van der Waals surface area contributed by atoms with E-state index >= 15 is 0 Å². The maximum absolute atomic E-state index is 9.35. The van der Waals surface area contributed by atoms with Gasteiger partial charge in [-0.2, -0.15) is 5.26 Å². The van der Waals surface area contributed by atoms with Crippen molar-refractivity contribution in [2.24, 2.45) is 7.05 Å². The molecule has 0 aliphatic carbocycles. The first kappa shape index (κ1) is 11.6. The summed E-state index contributed by atoms with van der Waals surface area (Å²) in [5, 5.41) is 9.35. The van der Waals surface area contributed by atoms with Crippen molar-refractivity contribution in [3.8, 4) is 6.07 Å². The average molecular weight is 283 g/mol. The molecule has 2 rings (SSSR count). The number of hydrogen-bond donors (Lipinski definition) is 0. The van der Waals surface area contributed by atoms with E-state index in [2.05, 4.69) is 31.9 Å². The normalized spacial score (nSPS) is 19.3. The Labute approximate surface area is 104 Å². The van der Waals surface area contributed by atoms with Crippen LogP contribution in [-0.4, -0.2) is 27.5 Å². The molecule has 5 heteroatoms. The third kappa shape index (κ3) is 2.13. The van der Waals surface area contributed by atoms with Gasteiger partial charge in [0, 0.05) is 7.05 Å². The van der Waals surface area contributed by atoms with E-state index in [1.807, 2.05) is 11.6 Å². The fourth-order valence-electron chi connectivity index (χ4n) is 2.21. The number of likely N-dealkylation sites (tertiary alicyclic amines) is 1. The fourth-order valence-corrected chi connectivity index (χ4v) is 2.80. The largest absolute Gasteiger partial charge is 0.334 e. The van der Waals surface area contributed by atoms with Crippen LogP contribution in [0.25, 0.3) is 0 Å². The summed E-state index contributed by atoms with van der Waals surface area (Å²) in [6.07, 6.45) is 5.40. The zero-order valence-corrected chi connectivity index (χ0v) is 10.9. The summed E-state index contributed by atoms with van der Waals surface area (Å²) < 4.78 is 2.71. The predicted octanol–water partition coefficient (Wildman–Crippen LogP) is 2.23. The highest BCUT2D eigenvalue weighted by molar-refractivity contribution is 9.10. The van der Waals surface area contributed by atoms with Gasteiger partial charge in [-0.05, 0) is 41.9 Å². The van der Waals surface area contributed by atoms with Crippen LogP contribution < -0.4 is 0 Å². The van der Waals surface area contributed by atoms with Gasteiger partial charge in [-0.3, -0.25) is 4.90 Å². The van der Waals surface area contributed by atoms with E-state index in [1.165, 1.54) is 19.3 Å². The smallest absolute Gasteiger partial charge is 0.141 e. The first-order valence-electron chi connectivity index (χ1n) is 5.54. The minimum absolute atomic E-state index is 0.179. The molecule has 0 spiro atoms. The molecule has 1 aromatic heterocycles. The Balaban J connectivity index is 2.25. The number of halogens is 1. The molecule has 1 aliphatic heterocycles. The van der Waals surface area contributed by atoms with Crippen molar-refractivity contribution in [1.29, 1.82) is 5.26 Å². The summed E-state index contributed by atoms with van der Waals surface area (Å²) in [7, 11) is 1.93. The molecule has 4 nitrogen and oxygen atoms in total. The van der Waals surface area contributed by atoms with E-state index in [1.54, 1.807) is 6.33 Å². The molecule has 1 saturated heterocycles. The Morgan fingerprint density at radius 3 is 2.62 bits per heavy atom. The lowest BCUT2D eigenvalue weighted by Crippen LogP contribution is -2.34. The second-order valence-electron chi connectivity index (χ2n) is 4.16. The summed E-state index contributed by atoms with van der Waals surface area (Å²) in [5.41, 5.74) is 0.962. The van der Waals surface area contributed by atoms with Gasteiger partial charge in [0.15, 0.2) is 0 Å². The monoisotopic (exact) mass is 282 g/mol. The lowest BCUT2D eigenvalue weighted by molar-refractivity contribution is 0.191. The number of nitriles is 1. The van der Waals surface area contributed by atoms with Crippen LogP contribution in [0.4, 0.5) is 0 Å². The molecule has 1 fully saturated rings. The Bertz CT molecular complexity index is 381. The highest BCUT2D eigenvalue weighted by atomic mass is 79.9. The van der Waals surface area contributed by atoms with Crippen LogP contribution in [0.3, 0.4) is 0 Å². The molecule has 0 saturated carbocycles. The summed E-state index contributed by atoms with van der Waals surface area (Å²) in [6.45, 7) is 2.02. The lowest BCUT2D eigenvalue weighted by atomic mass is 10.1. The molecule has 0 bridgehead atoms. The summed E-state index contributed by atoms with van der Waals surface area (Å²) in [5.74, 6) is 0. The maximum Gasteiger partial charge on any atom is 0.141 e. The highest BCUT2D eigenvalue weighted by Crippen LogP contribution is 2.28. The molecule has 1 aliphatic rings. The molecule has 2 heterocycles. The number of piperidine rings is 1. The minimum Gasteiger partial charge on any atom is -0.334 e. The Kier molecular flexibility index (Phi) is 3.62. The molecule has 1 atom stereocenters. The number of nitrogens with zero attached hydrogens (tertiary/aromatic N) is 4. The van der Waals surface area contributed by atoms with Gasteiger partial charge in [-0.25, -0.2) is 4.98 Å². The van der Waals surface area contributed by atoms with Gasteiger partial charge in [0.1, 0.15) is 10.6 Å². The van der Waals surface area contributed by atoms with Crippen molar-refractivity contribution < 1.29 is 0 Å². The molecular formula is C11H15BrN4. The number of aromatic nitrogens is 2. The van der Waals surface area contributed by atoms with Crippen LogP contribution in [0, 0.1) is 11.3 Å². The molecule has 16 heavy (non-hydrogen) atoms. The number of aryl methyl sites for hydroxylation is 1. The summed E-state index contributed by atoms with van der Waals surface area (Å²) >= 11 is 3.42. The van der Waals surface area contributed by atoms with Gasteiger partial charge >= 0.3 is 0 Å². The van der Waals surface area contributed by atoms with Crippen molar-refractivity contribution in [3.05, 3.63) is 16.6 Å². The highest BCUT2D eigenvalue weighted by Gasteiger charge is 2.26. The zero-order valence-electron chi connectivity index (χ0n) is 9.36. The van der Waals surface area contributed by atoms with Crippen LogP contribution in [0.2, 0.25) is 0 Å². The van der Waals surface area contributed by atoms with Crippen molar-refractivity contribution in [1.82, 2.24) is 14.5 Å². The second-order valence-corrected chi connectivity index (χ2v) is 4.91. The van der Waals surface area contributed by atoms with Gasteiger partial charge in [0.2, 0.25) is 0 Å². The quantitative estimate of drug-likeness (QED) is 0.836. The standard InChI is InChI=1S/C11H15BrN4/c1-15-8-14-11(12)10(15)9(7-13)16-5-3-2-4-6-16/h8-9H,2-6H2,1H3. The third-order valence-corrected chi connectivity index (χ3v) is 3.68. The van der Waals surface area contributed by atoms with Crippen LogP contribution in [0.5, 0.6) is 0 Å². The van der Waals surface area contributed by atoms with E-state index in [0.717, 1.165) is 23.4 Å². The van der Waals surface area contributed by atoms with Crippen molar-refractivity contribution >= 4 is 15.9 Å². The van der Waals surface area contributed by atoms with Gasteiger partial charge in [-0.15, -0.1) is 0 Å². The van der Waals surface area contributed by atoms with E-state index in [0.29, 0.717) is 0 Å². The number of rotatable bonds is 2. The SMILES string of the molecule is Cn1cnc(Br)c1C(C#N)N1CCCCC1. The summed E-state index contributed by atoms with van der Waals surface area (Å²) in [6, 6.07) is 2.21. The minimum atomic E-state index is -0.179.